The van der Waals surface area contributed by atoms with Crippen LogP contribution in [0.5, 0.6) is 5.75 Å². The number of nitrogens with zero attached hydrogens (tertiary/aromatic N) is 2. The van der Waals surface area contributed by atoms with Crippen LogP contribution in [0, 0.1) is 6.92 Å². The maximum Gasteiger partial charge on any atom is 0.264 e. The highest BCUT2D eigenvalue weighted by Gasteiger charge is 2.32. The Kier molecular flexibility index (Phi) is 10.8. The molecule has 10 heteroatoms. The molecule has 0 saturated carbocycles. The Balaban J connectivity index is 2.01. The smallest absolute Gasteiger partial charge is 0.264 e. The summed E-state index contributed by atoms with van der Waals surface area (Å²) in [6, 6.07) is 19.4. The molecule has 2 amide bonds. The number of hydrogen-bond acceptors (Lipinski definition) is 5. The number of carbonyl (C=O) groups excluding carboxylic acids is 2. The van der Waals surface area contributed by atoms with E-state index in [1.54, 1.807) is 62.6 Å². The summed E-state index contributed by atoms with van der Waals surface area (Å²) in [6.07, 6.45) is 0.733. The first-order valence-electron chi connectivity index (χ1n) is 13.0. The minimum Gasteiger partial charge on any atom is -0.497 e. The minimum atomic E-state index is -4.11. The topological polar surface area (TPSA) is 96.0 Å². The molecular formula is C30H36BrN3O5S. The highest BCUT2D eigenvalue weighted by atomic mass is 79.9. The molecule has 0 fully saturated rings. The van der Waals surface area contributed by atoms with Gasteiger partial charge in [-0.15, -0.1) is 0 Å². The van der Waals surface area contributed by atoms with Gasteiger partial charge in [0.2, 0.25) is 11.8 Å². The van der Waals surface area contributed by atoms with E-state index in [9.17, 15) is 18.0 Å². The van der Waals surface area contributed by atoms with E-state index in [4.69, 9.17) is 4.74 Å². The largest absolute Gasteiger partial charge is 0.497 e. The van der Waals surface area contributed by atoms with Crippen molar-refractivity contribution in [2.45, 2.75) is 57.6 Å². The fraction of sp³-hybridized carbons (Fsp3) is 0.333. The standard InChI is InChI=1S/C30H36BrN3O5S/c1-6-22(3)32-30(36)23(4)33(19-24-9-15-27(39-5)16-10-24)29(35)20-34(26-13-11-25(31)12-14-26)40(37,38)28-17-7-21(2)8-18-28/h7-18,22-23H,6,19-20H2,1-5H3,(H,32,36). The lowest BCUT2D eigenvalue weighted by molar-refractivity contribution is -0.139. The number of sulfonamides is 1. The van der Waals surface area contributed by atoms with Crippen molar-refractivity contribution in [2.24, 2.45) is 0 Å². The number of ether oxygens (including phenoxy) is 1. The molecule has 1 N–H and O–H groups in total. The Labute approximate surface area is 245 Å². The zero-order valence-corrected chi connectivity index (χ0v) is 25.8. The van der Waals surface area contributed by atoms with Crippen molar-refractivity contribution in [3.63, 3.8) is 0 Å². The highest BCUT2D eigenvalue weighted by Crippen LogP contribution is 2.26. The Morgan fingerprint density at radius 3 is 2.10 bits per heavy atom. The normalized spacial score (nSPS) is 12.8. The van der Waals surface area contributed by atoms with Crippen LogP contribution in [0.2, 0.25) is 0 Å². The zero-order valence-electron chi connectivity index (χ0n) is 23.4. The molecule has 0 aliphatic rings. The van der Waals surface area contributed by atoms with Gasteiger partial charge in [-0.05, 0) is 81.3 Å². The maximum absolute atomic E-state index is 14.0. The lowest BCUT2D eigenvalue weighted by Gasteiger charge is -2.32. The number of rotatable bonds is 12. The van der Waals surface area contributed by atoms with Crippen molar-refractivity contribution in [2.75, 3.05) is 18.0 Å². The number of aryl methyl sites for hydroxylation is 1. The number of nitrogens with one attached hydrogen (secondary N) is 1. The van der Waals surface area contributed by atoms with Crippen molar-refractivity contribution in [3.8, 4) is 5.75 Å². The van der Waals surface area contributed by atoms with Gasteiger partial charge in [0.1, 0.15) is 18.3 Å². The van der Waals surface area contributed by atoms with E-state index in [2.05, 4.69) is 21.2 Å². The molecule has 0 aliphatic heterocycles. The molecule has 40 heavy (non-hydrogen) atoms. The van der Waals surface area contributed by atoms with E-state index in [1.165, 1.54) is 17.0 Å². The molecule has 0 spiro atoms. The predicted octanol–water partition coefficient (Wildman–Crippen LogP) is 5.29. The summed E-state index contributed by atoms with van der Waals surface area (Å²) in [5.41, 5.74) is 2.02. The molecule has 0 aliphatic carbocycles. The van der Waals surface area contributed by atoms with E-state index in [1.807, 2.05) is 32.9 Å². The predicted molar refractivity (Wildman–Crippen MR) is 161 cm³/mol. The van der Waals surface area contributed by atoms with Gasteiger partial charge in [-0.25, -0.2) is 8.42 Å². The second-order valence-corrected chi connectivity index (χ2v) is 12.4. The molecule has 2 unspecified atom stereocenters. The molecule has 2 atom stereocenters. The van der Waals surface area contributed by atoms with Crippen molar-refractivity contribution in [1.82, 2.24) is 10.2 Å². The molecule has 0 radical (unpaired) electrons. The Hall–Kier alpha value is -3.37. The first-order chi connectivity index (χ1) is 19.0. The number of benzene rings is 3. The van der Waals surface area contributed by atoms with E-state index in [0.29, 0.717) is 11.4 Å². The van der Waals surface area contributed by atoms with Gasteiger partial charge < -0.3 is 15.0 Å². The first kappa shape index (κ1) is 31.2. The second-order valence-electron chi connectivity index (χ2n) is 9.66. The van der Waals surface area contributed by atoms with Gasteiger partial charge in [0.05, 0.1) is 17.7 Å². The van der Waals surface area contributed by atoms with Crippen LogP contribution in [0.25, 0.3) is 0 Å². The van der Waals surface area contributed by atoms with Crippen LogP contribution < -0.4 is 14.4 Å². The van der Waals surface area contributed by atoms with E-state index in [0.717, 1.165) is 26.3 Å². The summed E-state index contributed by atoms with van der Waals surface area (Å²) in [7, 11) is -2.54. The van der Waals surface area contributed by atoms with Crippen LogP contribution in [0.15, 0.2) is 82.2 Å². The molecule has 214 valence electrons. The average Bonchev–Trinajstić information content (AvgIpc) is 2.95. The minimum absolute atomic E-state index is 0.0677. The van der Waals surface area contributed by atoms with E-state index in [-0.39, 0.29) is 23.4 Å². The summed E-state index contributed by atoms with van der Waals surface area (Å²) >= 11 is 3.38. The number of amides is 2. The van der Waals surface area contributed by atoms with Gasteiger partial charge >= 0.3 is 0 Å². The lowest BCUT2D eigenvalue weighted by Crippen LogP contribution is -2.52. The molecular weight excluding hydrogens is 594 g/mol. The maximum atomic E-state index is 14.0. The highest BCUT2D eigenvalue weighted by molar-refractivity contribution is 9.10. The summed E-state index contributed by atoms with van der Waals surface area (Å²) in [5.74, 6) is -0.163. The fourth-order valence-corrected chi connectivity index (χ4v) is 5.63. The van der Waals surface area contributed by atoms with E-state index < -0.39 is 28.5 Å². The number of hydrogen-bond donors (Lipinski definition) is 1. The monoisotopic (exact) mass is 629 g/mol. The van der Waals surface area contributed by atoms with Gasteiger partial charge in [0.25, 0.3) is 10.0 Å². The van der Waals surface area contributed by atoms with Crippen LogP contribution in [0.3, 0.4) is 0 Å². The molecule has 3 aromatic carbocycles. The molecule has 0 bridgehead atoms. The number of carbonyl (C=O) groups is 2. The fourth-order valence-electron chi connectivity index (χ4n) is 3.95. The van der Waals surface area contributed by atoms with Gasteiger partial charge in [-0.3, -0.25) is 13.9 Å². The Bertz CT molecular complexity index is 1390. The van der Waals surface area contributed by atoms with Crippen LogP contribution in [0.4, 0.5) is 5.69 Å². The van der Waals surface area contributed by atoms with E-state index >= 15 is 0 Å². The number of methoxy groups -OCH3 is 1. The third-order valence-corrected chi connectivity index (χ3v) is 9.00. The third kappa shape index (κ3) is 7.85. The average molecular weight is 631 g/mol. The molecule has 0 aromatic heterocycles. The second kappa shape index (κ2) is 13.8. The van der Waals surface area contributed by atoms with Crippen LogP contribution in [-0.2, 0) is 26.2 Å². The van der Waals surface area contributed by atoms with Gasteiger partial charge in [0.15, 0.2) is 0 Å². The molecule has 0 heterocycles. The van der Waals surface area contributed by atoms with Crippen LogP contribution >= 0.6 is 15.9 Å². The zero-order chi connectivity index (χ0) is 29.4. The number of halogens is 1. The summed E-state index contributed by atoms with van der Waals surface area (Å²) in [5, 5.41) is 2.93. The Morgan fingerprint density at radius 2 is 1.55 bits per heavy atom. The summed E-state index contributed by atoms with van der Waals surface area (Å²) in [6.45, 7) is 6.99. The van der Waals surface area contributed by atoms with Crippen molar-refractivity contribution >= 4 is 43.5 Å². The third-order valence-electron chi connectivity index (χ3n) is 6.68. The SMILES string of the molecule is CCC(C)NC(=O)C(C)N(Cc1ccc(OC)cc1)C(=O)CN(c1ccc(Br)cc1)S(=O)(=O)c1ccc(C)cc1. The van der Waals surface area contributed by atoms with Crippen molar-refractivity contribution in [1.29, 1.82) is 0 Å². The van der Waals surface area contributed by atoms with Gasteiger partial charge in [0, 0.05) is 17.1 Å². The molecule has 0 saturated heterocycles. The summed E-state index contributed by atoms with van der Waals surface area (Å²) in [4.78, 5) is 28.6. The molecule has 8 nitrogen and oxygen atoms in total. The van der Waals surface area contributed by atoms with Gasteiger partial charge in [-0.1, -0.05) is 52.7 Å². The first-order valence-corrected chi connectivity index (χ1v) is 15.3. The quantitative estimate of drug-likeness (QED) is 0.294. The van der Waals surface area contributed by atoms with Crippen molar-refractivity contribution < 1.29 is 22.7 Å². The molecule has 3 rings (SSSR count). The van der Waals surface area contributed by atoms with Gasteiger partial charge in [-0.2, -0.15) is 0 Å². The van der Waals surface area contributed by atoms with Crippen LogP contribution in [-0.4, -0.2) is 50.9 Å². The van der Waals surface area contributed by atoms with Crippen LogP contribution in [0.1, 0.15) is 38.3 Å². The van der Waals surface area contributed by atoms with Crippen molar-refractivity contribution in [3.05, 3.63) is 88.4 Å². The lowest BCUT2D eigenvalue weighted by atomic mass is 10.1. The number of anilines is 1. The summed E-state index contributed by atoms with van der Waals surface area (Å²) < 4.78 is 34.8. The molecule has 3 aromatic rings. The Morgan fingerprint density at radius 1 is 0.950 bits per heavy atom.